The van der Waals surface area contributed by atoms with Gasteiger partial charge in [0, 0.05) is 17.4 Å². The van der Waals surface area contributed by atoms with Gasteiger partial charge in [0.1, 0.15) is 0 Å². The summed E-state index contributed by atoms with van der Waals surface area (Å²) in [6, 6.07) is 3.56. The average Bonchev–Trinajstić information content (AvgIpc) is 2.03. The van der Waals surface area contributed by atoms with Gasteiger partial charge in [0.2, 0.25) is 5.88 Å². The first-order chi connectivity index (χ1) is 5.26. The number of hydrogen-bond acceptors (Lipinski definition) is 3. The molecule has 0 aromatic carbocycles. The molecule has 0 aliphatic heterocycles. The van der Waals surface area contributed by atoms with E-state index in [0.29, 0.717) is 11.6 Å². The monoisotopic (exact) mass is 152 g/mol. The summed E-state index contributed by atoms with van der Waals surface area (Å²) in [5.74, 6) is 0.585. The number of methoxy groups -OCH3 is 1. The molecule has 60 valence electrons. The fourth-order valence-corrected chi connectivity index (χ4v) is 0.868. The van der Waals surface area contributed by atoms with Gasteiger partial charge in [-0.15, -0.1) is 0 Å². The molecule has 1 aromatic heterocycles. The molecule has 0 saturated heterocycles. The largest absolute Gasteiger partial charge is 0.481 e. The summed E-state index contributed by atoms with van der Waals surface area (Å²) in [7, 11) is 1.58. The van der Waals surface area contributed by atoms with Gasteiger partial charge in [-0.3, -0.25) is 0 Å². The van der Waals surface area contributed by atoms with Gasteiger partial charge in [-0.1, -0.05) is 6.92 Å². The first-order valence-electron chi connectivity index (χ1n) is 3.56. The van der Waals surface area contributed by atoms with Gasteiger partial charge in [0.15, 0.2) is 0 Å². The van der Waals surface area contributed by atoms with Gasteiger partial charge in [-0.2, -0.15) is 0 Å². The molecule has 0 fully saturated rings. The molecule has 0 amide bonds. The molecule has 0 atom stereocenters. The van der Waals surface area contributed by atoms with E-state index in [-0.39, 0.29) is 0 Å². The van der Waals surface area contributed by atoms with E-state index < -0.39 is 0 Å². The molecule has 3 heteroatoms. The van der Waals surface area contributed by atoms with Crippen LogP contribution in [0.1, 0.15) is 12.6 Å². The fourth-order valence-electron chi connectivity index (χ4n) is 0.868. The minimum Gasteiger partial charge on any atom is -0.481 e. The van der Waals surface area contributed by atoms with E-state index in [1.165, 1.54) is 0 Å². The number of nitrogens with two attached hydrogens (primary N) is 1. The zero-order chi connectivity index (χ0) is 8.27. The number of nitrogens with zero attached hydrogens (tertiary/aromatic N) is 1. The van der Waals surface area contributed by atoms with Crippen LogP contribution in [0.2, 0.25) is 0 Å². The SMILES string of the molecule is CCc1cc(N)cc(OC)n1. The van der Waals surface area contributed by atoms with Crippen LogP contribution in [0.25, 0.3) is 0 Å². The van der Waals surface area contributed by atoms with E-state index in [9.17, 15) is 0 Å². The van der Waals surface area contributed by atoms with Crippen molar-refractivity contribution in [2.24, 2.45) is 0 Å². The molecule has 1 aromatic rings. The van der Waals surface area contributed by atoms with Crippen LogP contribution in [0.5, 0.6) is 5.88 Å². The first-order valence-corrected chi connectivity index (χ1v) is 3.56. The Balaban J connectivity index is 3.02. The van der Waals surface area contributed by atoms with Crippen molar-refractivity contribution in [2.75, 3.05) is 12.8 Å². The van der Waals surface area contributed by atoms with E-state index in [1.807, 2.05) is 13.0 Å². The maximum absolute atomic E-state index is 5.59. The van der Waals surface area contributed by atoms with Crippen molar-refractivity contribution >= 4 is 5.69 Å². The van der Waals surface area contributed by atoms with Gasteiger partial charge in [0.25, 0.3) is 0 Å². The van der Waals surface area contributed by atoms with Gasteiger partial charge < -0.3 is 10.5 Å². The Morgan fingerprint density at radius 3 is 2.82 bits per heavy atom. The van der Waals surface area contributed by atoms with Gasteiger partial charge in [0.05, 0.1) is 7.11 Å². The summed E-state index contributed by atoms with van der Waals surface area (Å²) >= 11 is 0. The number of aryl methyl sites for hydroxylation is 1. The second-order valence-corrected chi connectivity index (χ2v) is 2.29. The van der Waals surface area contributed by atoms with Crippen LogP contribution in [0.15, 0.2) is 12.1 Å². The molecular formula is C8H12N2O. The van der Waals surface area contributed by atoms with Crippen molar-refractivity contribution in [1.29, 1.82) is 0 Å². The molecule has 0 saturated carbocycles. The van der Waals surface area contributed by atoms with Crippen molar-refractivity contribution in [3.05, 3.63) is 17.8 Å². The van der Waals surface area contributed by atoms with E-state index in [1.54, 1.807) is 13.2 Å². The average molecular weight is 152 g/mol. The molecule has 1 rings (SSSR count). The third-order valence-corrected chi connectivity index (χ3v) is 1.45. The Hall–Kier alpha value is -1.25. The first kappa shape index (κ1) is 7.85. The Bertz CT molecular complexity index is 226. The number of ether oxygens (including phenoxy) is 1. The predicted molar refractivity (Wildman–Crippen MR) is 44.6 cm³/mol. The number of rotatable bonds is 2. The van der Waals surface area contributed by atoms with E-state index in [4.69, 9.17) is 10.5 Å². The second kappa shape index (κ2) is 3.23. The summed E-state index contributed by atoms with van der Waals surface area (Å²) in [4.78, 5) is 4.17. The van der Waals surface area contributed by atoms with Crippen LogP contribution < -0.4 is 10.5 Å². The Morgan fingerprint density at radius 1 is 1.55 bits per heavy atom. The minimum atomic E-state index is 0.585. The van der Waals surface area contributed by atoms with Gasteiger partial charge >= 0.3 is 0 Å². The highest BCUT2D eigenvalue weighted by molar-refractivity contribution is 5.42. The maximum Gasteiger partial charge on any atom is 0.215 e. The summed E-state index contributed by atoms with van der Waals surface area (Å²) in [5.41, 5.74) is 7.25. The van der Waals surface area contributed by atoms with Crippen LogP contribution in [-0.4, -0.2) is 12.1 Å². The highest BCUT2D eigenvalue weighted by atomic mass is 16.5. The number of pyridine rings is 1. The molecule has 0 spiro atoms. The second-order valence-electron chi connectivity index (χ2n) is 2.29. The van der Waals surface area contributed by atoms with E-state index in [2.05, 4.69) is 4.98 Å². The van der Waals surface area contributed by atoms with E-state index >= 15 is 0 Å². The van der Waals surface area contributed by atoms with Crippen molar-refractivity contribution in [1.82, 2.24) is 4.98 Å². The third kappa shape index (κ3) is 1.83. The number of hydrogen-bond donors (Lipinski definition) is 1. The number of aromatic nitrogens is 1. The third-order valence-electron chi connectivity index (χ3n) is 1.45. The molecular weight excluding hydrogens is 140 g/mol. The fraction of sp³-hybridized carbons (Fsp3) is 0.375. The van der Waals surface area contributed by atoms with E-state index in [0.717, 1.165) is 12.1 Å². The zero-order valence-electron chi connectivity index (χ0n) is 6.79. The van der Waals surface area contributed by atoms with Crippen LogP contribution in [0, 0.1) is 0 Å². The van der Waals surface area contributed by atoms with Crippen LogP contribution in [-0.2, 0) is 6.42 Å². The molecule has 2 N–H and O–H groups in total. The lowest BCUT2D eigenvalue weighted by atomic mass is 10.3. The van der Waals surface area contributed by atoms with Crippen molar-refractivity contribution in [3.63, 3.8) is 0 Å². The van der Waals surface area contributed by atoms with Crippen LogP contribution in [0.3, 0.4) is 0 Å². The summed E-state index contributed by atoms with van der Waals surface area (Å²) in [6.07, 6.45) is 0.876. The molecule has 0 radical (unpaired) electrons. The smallest absolute Gasteiger partial charge is 0.215 e. The summed E-state index contributed by atoms with van der Waals surface area (Å²) in [5, 5.41) is 0. The van der Waals surface area contributed by atoms with Crippen LogP contribution in [0.4, 0.5) is 5.69 Å². The van der Waals surface area contributed by atoms with Crippen molar-refractivity contribution in [2.45, 2.75) is 13.3 Å². The standard InChI is InChI=1S/C8H12N2O/c1-3-7-4-6(9)5-8(10-7)11-2/h4-5H,3H2,1-2H3,(H2,9,10). The molecule has 11 heavy (non-hydrogen) atoms. The summed E-state index contributed by atoms with van der Waals surface area (Å²) < 4.78 is 4.95. The predicted octanol–water partition coefficient (Wildman–Crippen LogP) is 1.23. The topological polar surface area (TPSA) is 48.1 Å². The number of nitrogen functional groups attached to an aromatic ring is 1. The molecule has 0 bridgehead atoms. The maximum atomic E-state index is 5.59. The lowest BCUT2D eigenvalue weighted by Crippen LogP contribution is -1.95. The zero-order valence-corrected chi connectivity index (χ0v) is 6.79. The number of anilines is 1. The minimum absolute atomic E-state index is 0.585. The molecule has 0 aliphatic carbocycles. The van der Waals surface area contributed by atoms with Gasteiger partial charge in [-0.25, -0.2) is 4.98 Å². The van der Waals surface area contributed by atoms with Crippen molar-refractivity contribution < 1.29 is 4.74 Å². The van der Waals surface area contributed by atoms with Gasteiger partial charge in [-0.05, 0) is 12.5 Å². The van der Waals surface area contributed by atoms with Crippen molar-refractivity contribution in [3.8, 4) is 5.88 Å². The molecule has 3 nitrogen and oxygen atoms in total. The Labute approximate surface area is 66.2 Å². The lowest BCUT2D eigenvalue weighted by Gasteiger charge is -2.02. The molecule has 0 aliphatic rings. The Morgan fingerprint density at radius 2 is 2.27 bits per heavy atom. The lowest BCUT2D eigenvalue weighted by molar-refractivity contribution is 0.397. The highest BCUT2D eigenvalue weighted by Crippen LogP contribution is 2.13. The molecule has 1 heterocycles. The highest BCUT2D eigenvalue weighted by Gasteiger charge is 1.97. The Kier molecular flexibility index (Phi) is 2.31. The normalized spacial score (nSPS) is 9.64. The quantitative estimate of drug-likeness (QED) is 0.693. The summed E-state index contributed by atoms with van der Waals surface area (Å²) in [6.45, 7) is 2.03. The molecule has 0 unspecified atom stereocenters. The van der Waals surface area contributed by atoms with Crippen LogP contribution >= 0.6 is 0 Å².